The maximum atomic E-state index is 12.5. The molecule has 2 rings (SSSR count). The Kier molecular flexibility index (Phi) is 6.41. The van der Waals surface area contributed by atoms with E-state index < -0.39 is 11.6 Å². The van der Waals surface area contributed by atoms with Gasteiger partial charge in [0.05, 0.1) is 13.0 Å². The number of ether oxygens (including phenoxy) is 2. The van der Waals surface area contributed by atoms with Gasteiger partial charge in [-0.25, -0.2) is 4.79 Å². The zero-order valence-corrected chi connectivity index (χ0v) is 15.0. The Balaban J connectivity index is 2.12. The van der Waals surface area contributed by atoms with E-state index in [1.165, 1.54) is 5.56 Å². The molecule has 132 valence electrons. The third-order valence-corrected chi connectivity index (χ3v) is 4.70. The van der Waals surface area contributed by atoms with E-state index in [1.54, 1.807) is 6.92 Å². The molecule has 0 radical (unpaired) electrons. The van der Waals surface area contributed by atoms with Crippen LogP contribution in [0.4, 0.5) is 0 Å². The minimum absolute atomic E-state index is 0.199. The van der Waals surface area contributed by atoms with Gasteiger partial charge in [-0.2, -0.15) is 0 Å². The zero-order chi connectivity index (χ0) is 17.6. The van der Waals surface area contributed by atoms with Gasteiger partial charge in [0.1, 0.15) is 0 Å². The fourth-order valence-corrected chi connectivity index (χ4v) is 3.40. The van der Waals surface area contributed by atoms with Gasteiger partial charge >= 0.3 is 11.9 Å². The van der Waals surface area contributed by atoms with Crippen LogP contribution in [0.3, 0.4) is 0 Å². The first-order valence-corrected chi connectivity index (χ1v) is 8.98. The molecule has 0 atom stereocenters. The lowest BCUT2D eigenvalue weighted by Gasteiger charge is -2.34. The summed E-state index contributed by atoms with van der Waals surface area (Å²) in [6, 6.07) is 6.08. The molecule has 24 heavy (non-hydrogen) atoms. The van der Waals surface area contributed by atoms with Crippen molar-refractivity contribution in [3.8, 4) is 0 Å². The Morgan fingerprint density at radius 3 is 2.42 bits per heavy atom. The van der Waals surface area contributed by atoms with Crippen LogP contribution in [0.25, 0.3) is 0 Å². The smallest absolute Gasteiger partial charge is 0.350 e. The third-order valence-electron chi connectivity index (χ3n) is 4.70. The molecule has 1 aliphatic carbocycles. The molecule has 0 bridgehead atoms. The molecule has 1 fully saturated rings. The average molecular weight is 332 g/mol. The standard InChI is InChI=1S/C20H28O4/c1-4-16-13-15(3)9-10-17(16)14-18(21)24-20(19(22)23-5-2)11-7-6-8-12-20/h9-10,13H,4-8,11-12,14H2,1-3H3. The van der Waals surface area contributed by atoms with Gasteiger partial charge in [0.2, 0.25) is 5.60 Å². The number of hydrogen-bond acceptors (Lipinski definition) is 4. The Bertz CT molecular complexity index is 585. The number of carbonyl (C=O) groups excluding carboxylic acids is 2. The largest absolute Gasteiger partial charge is 0.463 e. The number of hydrogen-bond donors (Lipinski definition) is 0. The highest BCUT2D eigenvalue weighted by atomic mass is 16.6. The Labute approximate surface area is 144 Å². The average Bonchev–Trinajstić information content (AvgIpc) is 2.57. The van der Waals surface area contributed by atoms with Gasteiger partial charge in [-0.3, -0.25) is 4.79 Å². The van der Waals surface area contributed by atoms with Gasteiger partial charge in [-0.15, -0.1) is 0 Å². The van der Waals surface area contributed by atoms with Gasteiger partial charge in [-0.05, 0) is 57.1 Å². The van der Waals surface area contributed by atoms with Crippen molar-refractivity contribution in [2.45, 2.75) is 71.3 Å². The summed E-state index contributed by atoms with van der Waals surface area (Å²) >= 11 is 0. The van der Waals surface area contributed by atoms with Crippen LogP contribution >= 0.6 is 0 Å². The molecule has 1 aromatic rings. The van der Waals surface area contributed by atoms with Crippen LogP contribution in [0.1, 0.15) is 62.6 Å². The van der Waals surface area contributed by atoms with E-state index in [1.807, 2.05) is 19.1 Å². The molecule has 1 aliphatic rings. The number of esters is 2. The molecule has 1 aromatic carbocycles. The minimum atomic E-state index is -1.08. The second kappa shape index (κ2) is 8.32. The summed E-state index contributed by atoms with van der Waals surface area (Å²) < 4.78 is 10.9. The SMILES string of the molecule is CCOC(=O)C1(OC(=O)Cc2ccc(C)cc2CC)CCCCC1. The van der Waals surface area contributed by atoms with Crippen LogP contribution in [0.15, 0.2) is 18.2 Å². The molecule has 0 spiro atoms. The van der Waals surface area contributed by atoms with Crippen molar-refractivity contribution in [1.82, 2.24) is 0 Å². The summed E-state index contributed by atoms with van der Waals surface area (Å²) in [5.41, 5.74) is 2.23. The van der Waals surface area contributed by atoms with Crippen molar-refractivity contribution in [2.75, 3.05) is 6.61 Å². The first-order chi connectivity index (χ1) is 11.5. The zero-order valence-electron chi connectivity index (χ0n) is 15.0. The summed E-state index contributed by atoms with van der Waals surface area (Å²) in [5.74, 6) is -0.735. The fraction of sp³-hybridized carbons (Fsp3) is 0.600. The Morgan fingerprint density at radius 2 is 1.79 bits per heavy atom. The monoisotopic (exact) mass is 332 g/mol. The van der Waals surface area contributed by atoms with Crippen molar-refractivity contribution >= 4 is 11.9 Å². The molecule has 4 nitrogen and oxygen atoms in total. The highest BCUT2D eigenvalue weighted by molar-refractivity contribution is 5.84. The summed E-state index contributed by atoms with van der Waals surface area (Å²) in [6.07, 6.45) is 5.03. The van der Waals surface area contributed by atoms with E-state index in [-0.39, 0.29) is 12.4 Å². The van der Waals surface area contributed by atoms with Crippen molar-refractivity contribution in [3.63, 3.8) is 0 Å². The third kappa shape index (κ3) is 4.37. The quantitative estimate of drug-likeness (QED) is 0.741. The first-order valence-electron chi connectivity index (χ1n) is 8.98. The molecule has 0 N–H and O–H groups in total. The van der Waals surface area contributed by atoms with Crippen LogP contribution in [0.5, 0.6) is 0 Å². The number of aryl methyl sites for hydroxylation is 2. The van der Waals surface area contributed by atoms with Gasteiger partial charge in [0, 0.05) is 0 Å². The first kappa shape index (κ1) is 18.5. The molecule has 0 unspecified atom stereocenters. The summed E-state index contributed by atoms with van der Waals surface area (Å²) in [5, 5.41) is 0. The normalized spacial score (nSPS) is 16.5. The van der Waals surface area contributed by atoms with Crippen LogP contribution in [0, 0.1) is 6.92 Å². The fourth-order valence-electron chi connectivity index (χ4n) is 3.40. The molecule has 1 saturated carbocycles. The summed E-state index contributed by atoms with van der Waals surface area (Å²) in [4.78, 5) is 24.9. The van der Waals surface area contributed by atoms with Crippen LogP contribution in [0.2, 0.25) is 0 Å². The summed E-state index contributed by atoms with van der Waals surface area (Å²) in [6.45, 7) is 6.19. The van der Waals surface area contributed by atoms with Gasteiger partial charge in [0.25, 0.3) is 0 Å². The lowest BCUT2D eigenvalue weighted by molar-refractivity contribution is -0.186. The molecule has 0 amide bonds. The molecule has 0 aliphatic heterocycles. The Hall–Kier alpha value is -1.84. The molecule has 0 heterocycles. The topological polar surface area (TPSA) is 52.6 Å². The Morgan fingerprint density at radius 1 is 1.08 bits per heavy atom. The molecular formula is C20H28O4. The van der Waals surface area contributed by atoms with E-state index in [0.29, 0.717) is 19.4 Å². The molecular weight excluding hydrogens is 304 g/mol. The van der Waals surface area contributed by atoms with Gasteiger partial charge < -0.3 is 9.47 Å². The van der Waals surface area contributed by atoms with E-state index in [9.17, 15) is 9.59 Å². The second-order valence-electron chi connectivity index (χ2n) is 6.55. The lowest BCUT2D eigenvalue weighted by Crippen LogP contribution is -2.46. The predicted octanol–water partition coefficient (Wildman–Crippen LogP) is 3.91. The van der Waals surface area contributed by atoms with Crippen LogP contribution in [-0.4, -0.2) is 24.1 Å². The minimum Gasteiger partial charge on any atom is -0.463 e. The van der Waals surface area contributed by atoms with E-state index in [4.69, 9.17) is 9.47 Å². The van der Waals surface area contributed by atoms with Gasteiger partial charge in [0.15, 0.2) is 0 Å². The number of rotatable bonds is 6. The maximum absolute atomic E-state index is 12.5. The van der Waals surface area contributed by atoms with Crippen molar-refractivity contribution in [2.24, 2.45) is 0 Å². The molecule has 0 aromatic heterocycles. The van der Waals surface area contributed by atoms with E-state index >= 15 is 0 Å². The summed E-state index contributed by atoms with van der Waals surface area (Å²) in [7, 11) is 0. The molecule has 0 saturated heterocycles. The van der Waals surface area contributed by atoms with Crippen molar-refractivity contribution < 1.29 is 19.1 Å². The lowest BCUT2D eigenvalue weighted by atomic mass is 9.84. The van der Waals surface area contributed by atoms with Crippen molar-refractivity contribution in [3.05, 3.63) is 34.9 Å². The van der Waals surface area contributed by atoms with E-state index in [2.05, 4.69) is 13.0 Å². The van der Waals surface area contributed by atoms with Gasteiger partial charge in [-0.1, -0.05) is 37.1 Å². The number of benzene rings is 1. The highest BCUT2D eigenvalue weighted by Crippen LogP contribution is 2.33. The second-order valence-corrected chi connectivity index (χ2v) is 6.55. The highest BCUT2D eigenvalue weighted by Gasteiger charge is 2.44. The van der Waals surface area contributed by atoms with Crippen molar-refractivity contribution in [1.29, 1.82) is 0 Å². The molecule has 4 heteroatoms. The predicted molar refractivity (Wildman–Crippen MR) is 92.8 cm³/mol. The van der Waals surface area contributed by atoms with E-state index in [0.717, 1.165) is 36.8 Å². The van der Waals surface area contributed by atoms with Crippen LogP contribution in [-0.2, 0) is 31.9 Å². The number of carbonyl (C=O) groups is 2. The maximum Gasteiger partial charge on any atom is 0.350 e. The van der Waals surface area contributed by atoms with Crippen LogP contribution < -0.4 is 0 Å².